The lowest BCUT2D eigenvalue weighted by molar-refractivity contribution is 0.623. The van der Waals surface area contributed by atoms with Gasteiger partial charge in [-0.05, 0) is 42.8 Å². The van der Waals surface area contributed by atoms with E-state index < -0.39 is 0 Å². The summed E-state index contributed by atoms with van der Waals surface area (Å²) in [5.74, 6) is -0.232. The lowest BCUT2D eigenvalue weighted by Crippen LogP contribution is -2.18. The van der Waals surface area contributed by atoms with Crippen LogP contribution in [0.4, 0.5) is 4.39 Å². The molecule has 0 aliphatic rings. The third kappa shape index (κ3) is 2.55. The molecule has 1 nitrogen and oxygen atoms in total. The summed E-state index contributed by atoms with van der Waals surface area (Å²) < 4.78 is 13.0. The van der Waals surface area contributed by atoms with E-state index in [0.29, 0.717) is 0 Å². The van der Waals surface area contributed by atoms with Gasteiger partial charge in [-0.1, -0.05) is 41.9 Å². The number of halogens is 2. The van der Waals surface area contributed by atoms with Crippen molar-refractivity contribution in [2.24, 2.45) is 0 Å². The summed E-state index contributed by atoms with van der Waals surface area (Å²) in [5, 5.41) is 3.97. The highest BCUT2D eigenvalue weighted by atomic mass is 35.5. The van der Waals surface area contributed by atoms with Gasteiger partial charge in [-0.3, -0.25) is 0 Å². The van der Waals surface area contributed by atoms with Gasteiger partial charge in [0.05, 0.1) is 6.04 Å². The lowest BCUT2D eigenvalue weighted by atomic mass is 9.97. The highest BCUT2D eigenvalue weighted by Gasteiger charge is 2.15. The molecule has 0 saturated carbocycles. The van der Waals surface area contributed by atoms with E-state index in [0.717, 1.165) is 21.7 Å². The number of hydrogen-bond acceptors (Lipinski definition) is 1. The first-order chi connectivity index (χ1) is 8.63. The fourth-order valence-corrected chi connectivity index (χ4v) is 2.29. The molecule has 0 bridgehead atoms. The van der Waals surface area contributed by atoms with E-state index in [-0.39, 0.29) is 11.9 Å². The highest BCUT2D eigenvalue weighted by molar-refractivity contribution is 6.32. The Morgan fingerprint density at radius 1 is 1.11 bits per heavy atom. The largest absolute Gasteiger partial charge is 0.309 e. The zero-order valence-corrected chi connectivity index (χ0v) is 11.1. The highest BCUT2D eigenvalue weighted by Crippen LogP contribution is 2.30. The molecular formula is C15H15ClFN. The molecule has 94 valence electrons. The molecule has 1 unspecified atom stereocenters. The van der Waals surface area contributed by atoms with E-state index in [9.17, 15) is 4.39 Å². The number of benzene rings is 2. The van der Waals surface area contributed by atoms with Crippen LogP contribution < -0.4 is 5.32 Å². The van der Waals surface area contributed by atoms with Gasteiger partial charge in [-0.15, -0.1) is 0 Å². The van der Waals surface area contributed by atoms with E-state index in [1.165, 1.54) is 12.1 Å². The van der Waals surface area contributed by atoms with Crippen LogP contribution in [0.15, 0.2) is 42.5 Å². The van der Waals surface area contributed by atoms with Crippen molar-refractivity contribution in [3.05, 3.63) is 70.0 Å². The summed E-state index contributed by atoms with van der Waals surface area (Å²) in [7, 11) is 1.87. The molecule has 3 heteroatoms. The normalized spacial score (nSPS) is 12.4. The number of aryl methyl sites for hydroxylation is 1. The molecule has 0 aliphatic heterocycles. The van der Waals surface area contributed by atoms with Gasteiger partial charge in [0.25, 0.3) is 0 Å². The van der Waals surface area contributed by atoms with Gasteiger partial charge in [0.15, 0.2) is 0 Å². The summed E-state index contributed by atoms with van der Waals surface area (Å²) in [4.78, 5) is 0. The monoisotopic (exact) mass is 263 g/mol. The molecule has 0 spiro atoms. The number of hydrogen-bond donors (Lipinski definition) is 1. The Bertz CT molecular complexity index is 537. The van der Waals surface area contributed by atoms with Crippen molar-refractivity contribution >= 4 is 11.6 Å². The molecule has 2 rings (SSSR count). The Morgan fingerprint density at radius 2 is 1.78 bits per heavy atom. The zero-order chi connectivity index (χ0) is 13.1. The van der Waals surface area contributed by atoms with Crippen LogP contribution in [0.25, 0.3) is 0 Å². The Kier molecular flexibility index (Phi) is 4.00. The molecule has 1 N–H and O–H groups in total. The summed E-state index contributed by atoms with van der Waals surface area (Å²) in [6.07, 6.45) is 0. The topological polar surface area (TPSA) is 12.0 Å². The first kappa shape index (κ1) is 13.1. The maximum Gasteiger partial charge on any atom is 0.123 e. The predicted molar refractivity (Wildman–Crippen MR) is 73.5 cm³/mol. The molecule has 18 heavy (non-hydrogen) atoms. The molecule has 0 saturated heterocycles. The molecule has 0 fully saturated rings. The summed E-state index contributed by atoms with van der Waals surface area (Å²) in [6.45, 7) is 1.98. The van der Waals surface area contributed by atoms with Crippen LogP contribution in [0.1, 0.15) is 22.7 Å². The molecule has 0 aromatic heterocycles. The Hall–Kier alpha value is -1.38. The molecule has 0 aliphatic carbocycles. The standard InChI is InChI=1S/C15H15ClFN/c1-10-4-3-5-13(14(10)16)15(18-2)11-6-8-12(17)9-7-11/h3-9,15,18H,1-2H3. The van der Waals surface area contributed by atoms with E-state index in [4.69, 9.17) is 11.6 Å². The fourth-order valence-electron chi connectivity index (χ4n) is 2.05. The first-order valence-electron chi connectivity index (χ1n) is 5.81. The molecule has 0 radical (unpaired) electrons. The van der Waals surface area contributed by atoms with E-state index in [2.05, 4.69) is 5.32 Å². The van der Waals surface area contributed by atoms with Crippen molar-refractivity contribution in [2.75, 3.05) is 7.05 Å². The van der Waals surface area contributed by atoms with Crippen molar-refractivity contribution in [2.45, 2.75) is 13.0 Å². The molecule has 2 aromatic rings. The minimum absolute atomic E-state index is 0.0296. The summed E-state index contributed by atoms with van der Waals surface area (Å²) in [6, 6.07) is 12.4. The molecule has 1 atom stereocenters. The van der Waals surface area contributed by atoms with Crippen LogP contribution in [0.2, 0.25) is 5.02 Å². The van der Waals surface area contributed by atoms with Crippen molar-refractivity contribution in [1.29, 1.82) is 0 Å². The van der Waals surface area contributed by atoms with Crippen LogP contribution in [-0.4, -0.2) is 7.05 Å². The fraction of sp³-hybridized carbons (Fsp3) is 0.200. The maximum absolute atomic E-state index is 13.0. The zero-order valence-electron chi connectivity index (χ0n) is 10.4. The average molecular weight is 264 g/mol. The van der Waals surface area contributed by atoms with E-state index in [1.807, 2.05) is 32.2 Å². The second-order valence-electron chi connectivity index (χ2n) is 4.25. The van der Waals surface area contributed by atoms with Crippen molar-refractivity contribution < 1.29 is 4.39 Å². The van der Waals surface area contributed by atoms with Crippen LogP contribution in [0.5, 0.6) is 0 Å². The van der Waals surface area contributed by atoms with Crippen LogP contribution in [-0.2, 0) is 0 Å². The quantitative estimate of drug-likeness (QED) is 0.879. The summed E-state index contributed by atoms with van der Waals surface area (Å²) >= 11 is 6.33. The van der Waals surface area contributed by atoms with Crippen LogP contribution >= 0.6 is 11.6 Å². The Labute approximate surface area is 112 Å². The summed E-state index contributed by atoms with van der Waals surface area (Å²) in [5.41, 5.74) is 3.04. The second-order valence-corrected chi connectivity index (χ2v) is 4.63. The molecular weight excluding hydrogens is 249 g/mol. The van der Waals surface area contributed by atoms with E-state index in [1.54, 1.807) is 12.1 Å². The second kappa shape index (κ2) is 5.51. The van der Waals surface area contributed by atoms with Crippen LogP contribution in [0.3, 0.4) is 0 Å². The van der Waals surface area contributed by atoms with Crippen molar-refractivity contribution in [3.63, 3.8) is 0 Å². The first-order valence-corrected chi connectivity index (χ1v) is 6.19. The van der Waals surface area contributed by atoms with Gasteiger partial charge in [0.1, 0.15) is 5.82 Å². The third-order valence-corrected chi connectivity index (χ3v) is 3.54. The van der Waals surface area contributed by atoms with Gasteiger partial charge < -0.3 is 5.32 Å². The van der Waals surface area contributed by atoms with Crippen LogP contribution in [0, 0.1) is 12.7 Å². The van der Waals surface area contributed by atoms with Crippen molar-refractivity contribution in [3.8, 4) is 0 Å². The van der Waals surface area contributed by atoms with Gasteiger partial charge in [0.2, 0.25) is 0 Å². The third-order valence-electron chi connectivity index (χ3n) is 3.02. The molecule has 0 amide bonds. The molecule has 0 heterocycles. The maximum atomic E-state index is 13.0. The number of nitrogens with one attached hydrogen (secondary N) is 1. The Morgan fingerprint density at radius 3 is 2.39 bits per heavy atom. The number of rotatable bonds is 3. The SMILES string of the molecule is CNC(c1ccc(F)cc1)c1cccc(C)c1Cl. The van der Waals surface area contributed by atoms with Gasteiger partial charge in [-0.2, -0.15) is 0 Å². The smallest absolute Gasteiger partial charge is 0.123 e. The minimum atomic E-state index is -0.232. The average Bonchev–Trinajstić information content (AvgIpc) is 2.37. The van der Waals surface area contributed by atoms with Gasteiger partial charge >= 0.3 is 0 Å². The van der Waals surface area contributed by atoms with E-state index >= 15 is 0 Å². The Balaban J connectivity index is 2.45. The van der Waals surface area contributed by atoms with Gasteiger partial charge in [0, 0.05) is 5.02 Å². The lowest BCUT2D eigenvalue weighted by Gasteiger charge is -2.19. The van der Waals surface area contributed by atoms with Crippen molar-refractivity contribution in [1.82, 2.24) is 5.32 Å². The van der Waals surface area contributed by atoms with Gasteiger partial charge in [-0.25, -0.2) is 4.39 Å². The predicted octanol–water partition coefficient (Wildman–Crippen LogP) is 4.10. The minimum Gasteiger partial charge on any atom is -0.309 e. The molecule has 2 aromatic carbocycles.